The van der Waals surface area contributed by atoms with Crippen LogP contribution >= 0.6 is 23.4 Å². The lowest BCUT2D eigenvalue weighted by Crippen LogP contribution is -1.99. The topological polar surface area (TPSA) is 48.1 Å². The average Bonchev–Trinajstić information content (AvgIpc) is 2.42. The summed E-state index contributed by atoms with van der Waals surface area (Å²) in [4.78, 5) is 4.38. The zero-order valence-corrected chi connectivity index (χ0v) is 12.2. The van der Waals surface area contributed by atoms with Gasteiger partial charge in [-0.15, -0.1) is 11.8 Å². The third-order valence-electron chi connectivity index (χ3n) is 2.45. The molecule has 2 aromatic rings. The summed E-state index contributed by atoms with van der Waals surface area (Å²) in [5.74, 6) is 1.34. The first-order valence-electron chi connectivity index (χ1n) is 5.95. The fourth-order valence-corrected chi connectivity index (χ4v) is 2.45. The van der Waals surface area contributed by atoms with Crippen LogP contribution in [0.25, 0.3) is 0 Å². The van der Waals surface area contributed by atoms with E-state index in [1.165, 1.54) is 5.56 Å². The van der Waals surface area contributed by atoms with E-state index >= 15 is 0 Å². The molecule has 0 saturated carbocycles. The fraction of sp³-hybridized carbons (Fsp3) is 0.214. The Balaban J connectivity index is 2.03. The highest BCUT2D eigenvalue weighted by atomic mass is 35.5. The van der Waals surface area contributed by atoms with E-state index in [4.69, 9.17) is 22.1 Å². The summed E-state index contributed by atoms with van der Waals surface area (Å²) in [6, 6.07) is 11.5. The van der Waals surface area contributed by atoms with Gasteiger partial charge in [-0.25, -0.2) is 4.98 Å². The molecule has 0 spiro atoms. The number of halogens is 1. The third kappa shape index (κ3) is 4.04. The minimum Gasteiger partial charge on any atom is -0.476 e. The third-order valence-corrected chi connectivity index (χ3v) is 3.70. The van der Waals surface area contributed by atoms with E-state index in [9.17, 15) is 0 Å². The van der Waals surface area contributed by atoms with Gasteiger partial charge in [-0.05, 0) is 36.8 Å². The van der Waals surface area contributed by atoms with Gasteiger partial charge in [-0.1, -0.05) is 23.7 Å². The Bertz CT molecular complexity index is 546. The lowest BCUT2D eigenvalue weighted by atomic mass is 10.2. The van der Waals surface area contributed by atoms with Crippen molar-refractivity contribution in [1.82, 2.24) is 4.98 Å². The molecular weight excluding hydrogens is 280 g/mol. The van der Waals surface area contributed by atoms with Crippen LogP contribution in [0.4, 0.5) is 5.69 Å². The van der Waals surface area contributed by atoms with Crippen molar-refractivity contribution in [1.29, 1.82) is 0 Å². The first kappa shape index (κ1) is 14.0. The summed E-state index contributed by atoms with van der Waals surface area (Å²) >= 11 is 7.49. The van der Waals surface area contributed by atoms with Crippen molar-refractivity contribution in [3.63, 3.8) is 0 Å². The number of aromatic nitrogens is 1. The van der Waals surface area contributed by atoms with Crippen LogP contribution < -0.4 is 10.5 Å². The summed E-state index contributed by atoms with van der Waals surface area (Å²) < 4.78 is 5.38. The maximum absolute atomic E-state index is 5.85. The lowest BCUT2D eigenvalue weighted by molar-refractivity contribution is 0.326. The largest absolute Gasteiger partial charge is 0.476 e. The molecule has 2 N–H and O–H groups in total. The van der Waals surface area contributed by atoms with Crippen molar-refractivity contribution in [3.05, 3.63) is 47.0 Å². The second-order valence-electron chi connectivity index (χ2n) is 3.89. The number of rotatable bonds is 5. The predicted molar refractivity (Wildman–Crippen MR) is 80.8 cm³/mol. The van der Waals surface area contributed by atoms with Crippen molar-refractivity contribution >= 4 is 29.1 Å². The lowest BCUT2D eigenvalue weighted by Gasteiger charge is -2.07. The second-order valence-corrected chi connectivity index (χ2v) is 5.32. The van der Waals surface area contributed by atoms with Gasteiger partial charge in [0.2, 0.25) is 5.88 Å². The van der Waals surface area contributed by atoms with Crippen LogP contribution in [0.5, 0.6) is 5.88 Å². The molecule has 0 aliphatic carbocycles. The normalized spacial score (nSPS) is 10.4. The highest BCUT2D eigenvalue weighted by molar-refractivity contribution is 7.98. The second kappa shape index (κ2) is 6.68. The van der Waals surface area contributed by atoms with E-state index in [0.29, 0.717) is 18.2 Å². The Kier molecular flexibility index (Phi) is 4.93. The number of nitrogens with two attached hydrogens (primary N) is 1. The molecule has 0 saturated heterocycles. The molecule has 0 bridgehead atoms. The van der Waals surface area contributed by atoms with Gasteiger partial charge in [0.05, 0.1) is 12.3 Å². The van der Waals surface area contributed by atoms with E-state index < -0.39 is 0 Å². The number of benzene rings is 1. The highest BCUT2D eigenvalue weighted by Crippen LogP contribution is 2.26. The Labute approximate surface area is 122 Å². The van der Waals surface area contributed by atoms with Gasteiger partial charge in [0, 0.05) is 10.8 Å². The number of nitrogens with zero attached hydrogens (tertiary/aromatic N) is 1. The van der Waals surface area contributed by atoms with Crippen LogP contribution in [0.1, 0.15) is 12.5 Å². The van der Waals surface area contributed by atoms with Crippen LogP contribution in [-0.4, -0.2) is 11.6 Å². The molecule has 0 atom stereocenters. The van der Waals surface area contributed by atoms with Crippen LogP contribution in [-0.2, 0) is 5.75 Å². The van der Waals surface area contributed by atoms with Gasteiger partial charge in [-0.3, -0.25) is 0 Å². The molecule has 0 amide bonds. The predicted octanol–water partition coefficient (Wildman–Crippen LogP) is 4.01. The van der Waals surface area contributed by atoms with E-state index in [-0.39, 0.29) is 0 Å². The number of thioether (sulfide) groups is 1. The molecule has 100 valence electrons. The molecule has 1 heterocycles. The van der Waals surface area contributed by atoms with Crippen LogP contribution in [0, 0.1) is 0 Å². The van der Waals surface area contributed by atoms with Gasteiger partial charge in [0.15, 0.2) is 0 Å². The zero-order chi connectivity index (χ0) is 13.7. The molecule has 19 heavy (non-hydrogen) atoms. The molecule has 0 aliphatic rings. The summed E-state index contributed by atoms with van der Waals surface area (Å²) in [7, 11) is 0. The Morgan fingerprint density at radius 2 is 1.95 bits per heavy atom. The van der Waals surface area contributed by atoms with E-state index in [2.05, 4.69) is 4.98 Å². The molecule has 5 heteroatoms. The van der Waals surface area contributed by atoms with Gasteiger partial charge in [-0.2, -0.15) is 0 Å². The Morgan fingerprint density at radius 3 is 2.63 bits per heavy atom. The summed E-state index contributed by atoms with van der Waals surface area (Å²) in [6.45, 7) is 2.47. The van der Waals surface area contributed by atoms with Crippen LogP contribution in [0.3, 0.4) is 0 Å². The summed E-state index contributed by atoms with van der Waals surface area (Å²) in [5.41, 5.74) is 7.56. The van der Waals surface area contributed by atoms with Crippen molar-refractivity contribution < 1.29 is 4.74 Å². The SMILES string of the molecule is CCOc1nc(SCc2ccc(Cl)cc2)ccc1N. The molecular formula is C14H15ClN2OS. The molecule has 3 nitrogen and oxygen atoms in total. The van der Waals surface area contributed by atoms with E-state index in [1.54, 1.807) is 11.8 Å². The van der Waals surface area contributed by atoms with E-state index in [1.807, 2.05) is 43.3 Å². The number of anilines is 1. The van der Waals surface area contributed by atoms with Crippen LogP contribution in [0.15, 0.2) is 41.4 Å². The molecule has 0 unspecified atom stereocenters. The first-order valence-corrected chi connectivity index (χ1v) is 7.32. The first-order chi connectivity index (χ1) is 9.19. The minimum absolute atomic E-state index is 0.503. The molecule has 2 rings (SSSR count). The monoisotopic (exact) mass is 294 g/mol. The van der Waals surface area contributed by atoms with Gasteiger partial charge in [0.25, 0.3) is 0 Å². The molecule has 1 aromatic heterocycles. The maximum Gasteiger partial charge on any atom is 0.238 e. The fourth-order valence-electron chi connectivity index (χ4n) is 1.50. The average molecular weight is 295 g/mol. The number of pyridine rings is 1. The van der Waals surface area contributed by atoms with Crippen molar-refractivity contribution in [2.75, 3.05) is 12.3 Å². The number of hydrogen-bond donors (Lipinski definition) is 1. The molecule has 1 aromatic carbocycles. The van der Waals surface area contributed by atoms with Crippen LogP contribution in [0.2, 0.25) is 5.02 Å². The van der Waals surface area contributed by atoms with Gasteiger partial charge >= 0.3 is 0 Å². The van der Waals surface area contributed by atoms with Crippen molar-refractivity contribution in [3.8, 4) is 5.88 Å². The van der Waals surface area contributed by atoms with E-state index in [0.717, 1.165) is 15.8 Å². The number of nitrogen functional groups attached to an aromatic ring is 1. The summed E-state index contributed by atoms with van der Waals surface area (Å²) in [6.07, 6.45) is 0. The van der Waals surface area contributed by atoms with Gasteiger partial charge in [0.1, 0.15) is 5.03 Å². The number of ether oxygens (including phenoxy) is 1. The standard InChI is InChI=1S/C14H15ClN2OS/c1-2-18-14-12(16)7-8-13(17-14)19-9-10-3-5-11(15)6-4-10/h3-8H,2,9,16H2,1H3. The summed E-state index contributed by atoms with van der Waals surface area (Å²) in [5, 5.41) is 1.64. The van der Waals surface area contributed by atoms with Gasteiger partial charge < -0.3 is 10.5 Å². The highest BCUT2D eigenvalue weighted by Gasteiger charge is 2.04. The zero-order valence-electron chi connectivity index (χ0n) is 10.6. The Hall–Kier alpha value is -1.39. The molecule has 0 radical (unpaired) electrons. The molecule has 0 aliphatic heterocycles. The quantitative estimate of drug-likeness (QED) is 0.847. The number of hydrogen-bond acceptors (Lipinski definition) is 4. The van der Waals surface area contributed by atoms with Crippen molar-refractivity contribution in [2.45, 2.75) is 17.7 Å². The molecule has 0 fully saturated rings. The maximum atomic E-state index is 5.85. The Morgan fingerprint density at radius 1 is 1.21 bits per heavy atom. The smallest absolute Gasteiger partial charge is 0.238 e. The van der Waals surface area contributed by atoms with Crippen molar-refractivity contribution in [2.24, 2.45) is 0 Å². The minimum atomic E-state index is 0.503.